The third kappa shape index (κ3) is 3.10. The molecule has 2 unspecified atom stereocenters. The summed E-state index contributed by atoms with van der Waals surface area (Å²) in [5, 5.41) is 1.11. The van der Waals surface area contributed by atoms with E-state index in [4.69, 9.17) is 19.2 Å². The molecule has 2 aromatic carbocycles. The average Bonchev–Trinajstić information content (AvgIpc) is 3.52. The summed E-state index contributed by atoms with van der Waals surface area (Å²) in [5.74, 6) is 1.62. The van der Waals surface area contributed by atoms with Gasteiger partial charge in [0, 0.05) is 28.5 Å². The topological polar surface area (TPSA) is 57.7 Å². The Hall–Kier alpha value is -3.08. The minimum Gasteiger partial charge on any atom is -0.493 e. The van der Waals surface area contributed by atoms with E-state index in [1.54, 1.807) is 33.5 Å². The van der Waals surface area contributed by atoms with Gasteiger partial charge in [-0.1, -0.05) is 24.3 Å². The van der Waals surface area contributed by atoms with E-state index in [0.29, 0.717) is 22.8 Å². The second-order valence-electron chi connectivity index (χ2n) is 6.66. The number of methoxy groups -OCH3 is 3. The van der Waals surface area contributed by atoms with Gasteiger partial charge in [-0.15, -0.1) is 0 Å². The fourth-order valence-corrected chi connectivity index (χ4v) is 3.54. The van der Waals surface area contributed by atoms with E-state index >= 15 is 0 Å². The number of para-hydroxylation sites is 1. The molecule has 0 amide bonds. The molecule has 1 aliphatic carbocycles. The molecule has 0 aliphatic heterocycles. The van der Waals surface area contributed by atoms with Gasteiger partial charge in [-0.05, 0) is 30.7 Å². The number of ketones is 1. The molecule has 27 heavy (non-hydrogen) atoms. The van der Waals surface area contributed by atoms with Crippen LogP contribution >= 0.6 is 0 Å². The summed E-state index contributed by atoms with van der Waals surface area (Å²) in [5.41, 5.74) is 2.50. The van der Waals surface area contributed by atoms with Gasteiger partial charge in [0.15, 0.2) is 17.3 Å². The van der Waals surface area contributed by atoms with Crippen LogP contribution in [-0.4, -0.2) is 32.1 Å². The molecular weight excluding hydrogens is 342 g/mol. The summed E-state index contributed by atoms with van der Waals surface area (Å²) in [6, 6.07) is 15.5. The molecule has 0 radical (unpaired) electrons. The van der Waals surface area contributed by atoms with Crippen molar-refractivity contribution in [3.05, 3.63) is 59.8 Å². The van der Waals surface area contributed by atoms with Gasteiger partial charge in [0.25, 0.3) is 0 Å². The SMILES string of the molecule is COc1cc(C(=O)C2CC2c2ccc3ccccc3n2)cc(OC)c1OC. The third-order valence-electron chi connectivity index (χ3n) is 5.08. The summed E-state index contributed by atoms with van der Waals surface area (Å²) in [6.45, 7) is 0. The predicted molar refractivity (Wildman–Crippen MR) is 103 cm³/mol. The number of rotatable bonds is 6. The maximum Gasteiger partial charge on any atom is 0.203 e. The van der Waals surface area contributed by atoms with E-state index in [1.165, 1.54) is 0 Å². The largest absolute Gasteiger partial charge is 0.493 e. The third-order valence-corrected chi connectivity index (χ3v) is 5.08. The van der Waals surface area contributed by atoms with E-state index in [1.807, 2.05) is 30.3 Å². The fraction of sp³-hybridized carbons (Fsp3) is 0.273. The van der Waals surface area contributed by atoms with Crippen LogP contribution in [0.25, 0.3) is 10.9 Å². The van der Waals surface area contributed by atoms with Crippen molar-refractivity contribution in [3.63, 3.8) is 0 Å². The molecule has 1 aromatic heterocycles. The van der Waals surface area contributed by atoms with Crippen LogP contribution in [0.1, 0.15) is 28.4 Å². The number of benzene rings is 2. The van der Waals surface area contributed by atoms with E-state index in [0.717, 1.165) is 23.0 Å². The molecule has 3 aromatic rings. The molecule has 2 atom stereocenters. The van der Waals surface area contributed by atoms with E-state index in [-0.39, 0.29) is 17.6 Å². The zero-order valence-electron chi connectivity index (χ0n) is 15.6. The number of pyridine rings is 1. The Kier molecular flexibility index (Phi) is 4.44. The van der Waals surface area contributed by atoms with Crippen molar-refractivity contribution in [2.45, 2.75) is 12.3 Å². The lowest BCUT2D eigenvalue weighted by Gasteiger charge is -2.13. The Morgan fingerprint density at radius 3 is 2.33 bits per heavy atom. The summed E-state index contributed by atoms with van der Waals surface area (Å²) >= 11 is 0. The molecule has 0 spiro atoms. The van der Waals surface area contributed by atoms with Gasteiger partial charge in [0.1, 0.15) is 0 Å². The van der Waals surface area contributed by atoms with Gasteiger partial charge < -0.3 is 14.2 Å². The van der Waals surface area contributed by atoms with Crippen LogP contribution < -0.4 is 14.2 Å². The summed E-state index contributed by atoms with van der Waals surface area (Å²) in [4.78, 5) is 17.7. The summed E-state index contributed by atoms with van der Waals surface area (Å²) in [6.07, 6.45) is 0.806. The first-order chi connectivity index (χ1) is 13.2. The predicted octanol–water partition coefficient (Wildman–Crippen LogP) is 4.25. The lowest BCUT2D eigenvalue weighted by atomic mass is 10.0. The lowest BCUT2D eigenvalue weighted by molar-refractivity contribution is 0.0964. The molecular formula is C22H21NO4. The van der Waals surface area contributed by atoms with E-state index < -0.39 is 0 Å². The second-order valence-corrected chi connectivity index (χ2v) is 6.66. The minimum atomic E-state index is -0.0681. The van der Waals surface area contributed by atoms with Gasteiger partial charge in [-0.3, -0.25) is 9.78 Å². The van der Waals surface area contributed by atoms with Crippen molar-refractivity contribution in [3.8, 4) is 17.2 Å². The molecule has 1 fully saturated rings. The first-order valence-corrected chi connectivity index (χ1v) is 8.86. The monoisotopic (exact) mass is 363 g/mol. The highest BCUT2D eigenvalue weighted by Crippen LogP contribution is 2.50. The number of aromatic nitrogens is 1. The standard InChI is InChI=1S/C22H21NO4/c1-25-19-10-14(11-20(26-2)22(19)27-3)21(24)16-12-15(16)18-9-8-13-6-4-5-7-17(13)23-18/h4-11,15-16H,12H2,1-3H3. The zero-order valence-corrected chi connectivity index (χ0v) is 15.6. The number of fused-ring (bicyclic) bond motifs is 1. The summed E-state index contributed by atoms with van der Waals surface area (Å²) in [7, 11) is 4.64. The highest BCUT2D eigenvalue weighted by atomic mass is 16.5. The number of hydrogen-bond donors (Lipinski definition) is 0. The molecule has 0 saturated heterocycles. The van der Waals surface area contributed by atoms with Gasteiger partial charge >= 0.3 is 0 Å². The quantitative estimate of drug-likeness (QED) is 0.613. The number of Topliss-reactive ketones (excluding diaryl/α,β-unsaturated/α-hetero) is 1. The molecule has 5 heteroatoms. The average molecular weight is 363 g/mol. The normalized spacial score (nSPS) is 18.2. The van der Waals surface area contributed by atoms with Crippen molar-refractivity contribution in [1.29, 1.82) is 0 Å². The van der Waals surface area contributed by atoms with Crippen molar-refractivity contribution in [2.24, 2.45) is 5.92 Å². The first kappa shape index (κ1) is 17.3. The molecule has 1 saturated carbocycles. The van der Waals surface area contributed by atoms with Crippen molar-refractivity contribution < 1.29 is 19.0 Å². The minimum absolute atomic E-state index is 0.0681. The van der Waals surface area contributed by atoms with Crippen LogP contribution in [0.15, 0.2) is 48.5 Å². The number of hydrogen-bond acceptors (Lipinski definition) is 5. The Morgan fingerprint density at radius 1 is 0.963 bits per heavy atom. The van der Waals surface area contributed by atoms with Crippen LogP contribution in [0, 0.1) is 5.92 Å². The highest BCUT2D eigenvalue weighted by molar-refractivity contribution is 6.01. The number of ether oxygens (including phenoxy) is 3. The van der Waals surface area contributed by atoms with E-state index in [9.17, 15) is 4.79 Å². The fourth-order valence-electron chi connectivity index (χ4n) is 3.54. The van der Waals surface area contributed by atoms with Crippen molar-refractivity contribution >= 4 is 16.7 Å². The van der Waals surface area contributed by atoms with Gasteiger partial charge in [0.2, 0.25) is 5.75 Å². The molecule has 1 heterocycles. The molecule has 0 bridgehead atoms. The van der Waals surface area contributed by atoms with Crippen LogP contribution in [0.5, 0.6) is 17.2 Å². The Morgan fingerprint density at radius 2 is 1.67 bits per heavy atom. The van der Waals surface area contributed by atoms with Crippen molar-refractivity contribution in [2.75, 3.05) is 21.3 Å². The Balaban J connectivity index is 1.60. The molecule has 0 N–H and O–H groups in total. The second kappa shape index (κ2) is 6.91. The highest BCUT2D eigenvalue weighted by Gasteiger charge is 2.45. The first-order valence-electron chi connectivity index (χ1n) is 8.86. The molecule has 4 rings (SSSR count). The molecule has 5 nitrogen and oxygen atoms in total. The van der Waals surface area contributed by atoms with Crippen molar-refractivity contribution in [1.82, 2.24) is 4.98 Å². The zero-order chi connectivity index (χ0) is 19.0. The Bertz CT molecular complexity index is 989. The molecule has 1 aliphatic rings. The van der Waals surface area contributed by atoms with Crippen LogP contribution in [-0.2, 0) is 0 Å². The summed E-state index contributed by atoms with van der Waals surface area (Å²) < 4.78 is 16.0. The lowest BCUT2D eigenvalue weighted by Crippen LogP contribution is -2.06. The van der Waals surface area contributed by atoms with Gasteiger partial charge in [-0.2, -0.15) is 0 Å². The number of carbonyl (C=O) groups excluding carboxylic acids is 1. The number of nitrogens with zero attached hydrogens (tertiary/aromatic N) is 1. The van der Waals surface area contributed by atoms with E-state index in [2.05, 4.69) is 6.07 Å². The van der Waals surface area contributed by atoms with Gasteiger partial charge in [0.05, 0.1) is 26.8 Å². The maximum atomic E-state index is 13.0. The molecule has 138 valence electrons. The van der Waals surface area contributed by atoms with Crippen LogP contribution in [0.3, 0.4) is 0 Å². The van der Waals surface area contributed by atoms with Crippen LogP contribution in [0.4, 0.5) is 0 Å². The number of carbonyl (C=O) groups is 1. The smallest absolute Gasteiger partial charge is 0.203 e. The van der Waals surface area contributed by atoms with Crippen LogP contribution in [0.2, 0.25) is 0 Å². The maximum absolute atomic E-state index is 13.0. The van der Waals surface area contributed by atoms with Gasteiger partial charge in [-0.25, -0.2) is 0 Å². The Labute approximate surface area is 157 Å².